The zero-order chi connectivity index (χ0) is 16.6. The second kappa shape index (κ2) is 6.23. The van der Waals surface area contributed by atoms with Gasteiger partial charge in [-0.3, -0.25) is 4.79 Å². The van der Waals surface area contributed by atoms with Gasteiger partial charge in [-0.25, -0.2) is 0 Å². The van der Waals surface area contributed by atoms with E-state index in [0.717, 1.165) is 16.7 Å². The molecule has 0 aliphatic rings. The Morgan fingerprint density at radius 3 is 2.13 bits per heavy atom. The van der Waals surface area contributed by atoms with Crippen molar-refractivity contribution in [1.82, 2.24) is 4.57 Å². The van der Waals surface area contributed by atoms with E-state index in [2.05, 4.69) is 0 Å². The molecule has 2 nitrogen and oxygen atoms in total. The quantitative estimate of drug-likeness (QED) is 0.615. The van der Waals surface area contributed by atoms with Gasteiger partial charge in [0, 0.05) is 30.6 Å². The van der Waals surface area contributed by atoms with E-state index in [-0.39, 0.29) is 5.43 Å². The lowest BCUT2D eigenvalue weighted by atomic mass is 10.00. The lowest BCUT2D eigenvalue weighted by Gasteiger charge is -2.10. The highest BCUT2D eigenvalue weighted by Gasteiger charge is 2.12. The predicted octanol–water partition coefficient (Wildman–Crippen LogP) is 5.33. The first-order chi connectivity index (χ1) is 11.0. The minimum absolute atomic E-state index is 0.0212. The van der Waals surface area contributed by atoms with Gasteiger partial charge in [-0.1, -0.05) is 59.1 Å². The predicted molar refractivity (Wildman–Crippen MR) is 97.3 cm³/mol. The molecule has 3 rings (SSSR count). The van der Waals surface area contributed by atoms with Crippen LogP contribution in [0.25, 0.3) is 22.3 Å². The first kappa shape index (κ1) is 15.9. The van der Waals surface area contributed by atoms with Crippen LogP contribution >= 0.6 is 23.2 Å². The van der Waals surface area contributed by atoms with E-state index in [1.54, 1.807) is 18.3 Å². The monoisotopic (exact) mass is 343 g/mol. The maximum atomic E-state index is 12.9. The standard InChI is InChI=1S/C19H15Cl2NO/c1-12-4-3-5-13(8-12)15-10-22(2)11-16(19(15)23)14-6-7-17(20)18(21)9-14/h3-11H,1-2H3. The Hall–Kier alpha value is -2.03. The first-order valence-corrected chi connectivity index (χ1v) is 7.94. The van der Waals surface area contributed by atoms with Crippen molar-refractivity contribution in [3.8, 4) is 22.3 Å². The molecule has 23 heavy (non-hydrogen) atoms. The van der Waals surface area contributed by atoms with Crippen LogP contribution < -0.4 is 5.43 Å². The fourth-order valence-corrected chi connectivity index (χ4v) is 2.89. The Morgan fingerprint density at radius 2 is 1.52 bits per heavy atom. The van der Waals surface area contributed by atoms with Gasteiger partial charge >= 0.3 is 0 Å². The molecule has 0 aliphatic heterocycles. The van der Waals surface area contributed by atoms with Gasteiger partial charge in [0.1, 0.15) is 0 Å². The first-order valence-electron chi connectivity index (χ1n) is 7.18. The molecule has 1 heterocycles. The summed E-state index contributed by atoms with van der Waals surface area (Å²) in [5.74, 6) is 0. The number of benzene rings is 2. The SMILES string of the molecule is Cc1cccc(-c2cn(C)cc(-c3ccc(Cl)c(Cl)c3)c2=O)c1. The highest BCUT2D eigenvalue weighted by Crippen LogP contribution is 2.28. The summed E-state index contributed by atoms with van der Waals surface area (Å²) in [7, 11) is 1.90. The lowest BCUT2D eigenvalue weighted by molar-refractivity contribution is 0.904. The molecule has 0 saturated carbocycles. The summed E-state index contributed by atoms with van der Waals surface area (Å²) in [6.07, 6.45) is 3.65. The Labute approximate surface area is 144 Å². The van der Waals surface area contributed by atoms with Crippen molar-refractivity contribution >= 4 is 23.2 Å². The highest BCUT2D eigenvalue weighted by molar-refractivity contribution is 6.42. The van der Waals surface area contributed by atoms with Crippen molar-refractivity contribution in [1.29, 1.82) is 0 Å². The van der Waals surface area contributed by atoms with E-state index in [4.69, 9.17) is 23.2 Å². The lowest BCUT2D eigenvalue weighted by Crippen LogP contribution is -2.11. The second-order valence-corrected chi connectivity index (χ2v) is 6.39. The molecule has 0 bridgehead atoms. The van der Waals surface area contributed by atoms with Crippen LogP contribution in [0.3, 0.4) is 0 Å². The van der Waals surface area contributed by atoms with Crippen LogP contribution in [0.1, 0.15) is 5.56 Å². The van der Waals surface area contributed by atoms with E-state index < -0.39 is 0 Å². The van der Waals surface area contributed by atoms with Crippen LogP contribution in [-0.2, 0) is 7.05 Å². The van der Waals surface area contributed by atoms with Crippen LogP contribution in [0.2, 0.25) is 10.0 Å². The average molecular weight is 344 g/mol. The smallest absolute Gasteiger partial charge is 0.197 e. The fourth-order valence-electron chi connectivity index (χ4n) is 2.59. The molecule has 0 amide bonds. The van der Waals surface area contributed by atoms with Crippen LogP contribution in [-0.4, -0.2) is 4.57 Å². The summed E-state index contributed by atoms with van der Waals surface area (Å²) < 4.78 is 1.89. The third-order valence-corrected chi connectivity index (χ3v) is 4.45. The van der Waals surface area contributed by atoms with E-state index in [1.807, 2.05) is 55.1 Å². The molecule has 0 saturated heterocycles. The number of halogens is 2. The maximum absolute atomic E-state index is 12.9. The Kier molecular flexibility index (Phi) is 4.29. The summed E-state index contributed by atoms with van der Waals surface area (Å²) in [5, 5.41) is 0.911. The number of nitrogens with zero attached hydrogens (tertiary/aromatic N) is 1. The second-order valence-electron chi connectivity index (χ2n) is 5.58. The molecule has 0 radical (unpaired) electrons. The number of rotatable bonds is 2. The van der Waals surface area contributed by atoms with E-state index in [9.17, 15) is 4.79 Å². The Balaban J connectivity index is 2.24. The molecule has 0 N–H and O–H groups in total. The van der Waals surface area contributed by atoms with Crippen molar-refractivity contribution in [2.24, 2.45) is 7.05 Å². The van der Waals surface area contributed by atoms with Crippen molar-refractivity contribution in [3.63, 3.8) is 0 Å². The highest BCUT2D eigenvalue weighted by atomic mass is 35.5. The molecule has 0 atom stereocenters. The number of pyridine rings is 1. The van der Waals surface area contributed by atoms with Gasteiger partial charge in [0.15, 0.2) is 5.43 Å². The number of hydrogen-bond donors (Lipinski definition) is 0. The van der Waals surface area contributed by atoms with Gasteiger partial charge in [0.05, 0.1) is 10.0 Å². The van der Waals surface area contributed by atoms with E-state index >= 15 is 0 Å². The van der Waals surface area contributed by atoms with Gasteiger partial charge in [-0.05, 0) is 30.2 Å². The summed E-state index contributed by atoms with van der Waals surface area (Å²) in [6, 6.07) is 13.2. The minimum Gasteiger partial charge on any atom is -0.356 e. The van der Waals surface area contributed by atoms with Crippen LogP contribution in [0.5, 0.6) is 0 Å². The zero-order valence-corrected chi connectivity index (χ0v) is 14.3. The Bertz CT molecular complexity index is 944. The molecule has 2 aromatic carbocycles. The molecule has 0 aliphatic carbocycles. The average Bonchev–Trinajstić information content (AvgIpc) is 2.52. The summed E-state index contributed by atoms with van der Waals surface area (Å²) in [5.41, 5.74) is 4.03. The van der Waals surface area contributed by atoms with Gasteiger partial charge in [0.25, 0.3) is 0 Å². The van der Waals surface area contributed by atoms with E-state index in [1.165, 1.54) is 0 Å². The molecule has 0 fully saturated rings. The topological polar surface area (TPSA) is 22.0 Å². The third kappa shape index (κ3) is 3.19. The number of aryl methyl sites for hydroxylation is 2. The molecule has 1 aromatic heterocycles. The normalized spacial score (nSPS) is 10.8. The summed E-state index contributed by atoms with van der Waals surface area (Å²) in [6.45, 7) is 2.01. The summed E-state index contributed by atoms with van der Waals surface area (Å²) >= 11 is 12.1. The van der Waals surface area contributed by atoms with E-state index in [0.29, 0.717) is 21.2 Å². The largest absolute Gasteiger partial charge is 0.356 e. The van der Waals surface area contributed by atoms with Crippen LogP contribution in [0.15, 0.2) is 59.7 Å². The van der Waals surface area contributed by atoms with Crippen molar-refractivity contribution in [2.75, 3.05) is 0 Å². The van der Waals surface area contributed by atoms with Crippen LogP contribution in [0.4, 0.5) is 0 Å². The Morgan fingerprint density at radius 1 is 0.870 bits per heavy atom. The molecule has 3 aromatic rings. The minimum atomic E-state index is -0.0212. The zero-order valence-electron chi connectivity index (χ0n) is 12.8. The maximum Gasteiger partial charge on any atom is 0.197 e. The third-order valence-electron chi connectivity index (χ3n) is 3.71. The van der Waals surface area contributed by atoms with Gasteiger partial charge in [-0.2, -0.15) is 0 Å². The number of hydrogen-bond acceptors (Lipinski definition) is 1. The summed E-state index contributed by atoms with van der Waals surface area (Å²) in [4.78, 5) is 12.9. The van der Waals surface area contributed by atoms with Gasteiger partial charge < -0.3 is 4.57 Å². The molecule has 0 unspecified atom stereocenters. The molecule has 0 spiro atoms. The van der Waals surface area contributed by atoms with Gasteiger partial charge in [0.2, 0.25) is 0 Å². The van der Waals surface area contributed by atoms with Gasteiger partial charge in [-0.15, -0.1) is 0 Å². The fraction of sp³-hybridized carbons (Fsp3) is 0.105. The van der Waals surface area contributed by atoms with Crippen molar-refractivity contribution in [3.05, 3.63) is 80.7 Å². The molecular weight excluding hydrogens is 329 g/mol. The molecule has 4 heteroatoms. The van der Waals surface area contributed by atoms with Crippen molar-refractivity contribution in [2.45, 2.75) is 6.92 Å². The number of aromatic nitrogens is 1. The molecular formula is C19H15Cl2NO. The van der Waals surface area contributed by atoms with Crippen LogP contribution in [0, 0.1) is 6.92 Å². The van der Waals surface area contributed by atoms with Crippen molar-refractivity contribution < 1.29 is 0 Å². The molecule has 116 valence electrons.